The van der Waals surface area contributed by atoms with Crippen molar-refractivity contribution in [1.82, 2.24) is 16.1 Å². The Hall–Kier alpha value is -1.10. The average molecular weight is 178 g/mol. The minimum Gasteiger partial charge on any atom is -0.304 e. The molecule has 1 heterocycles. The molecule has 0 unspecified atom stereocenters. The summed E-state index contributed by atoms with van der Waals surface area (Å²) in [6.45, 7) is 4.00. The average Bonchev–Trinajstić information content (AvgIpc) is 2.61. The van der Waals surface area contributed by atoms with Crippen LogP contribution in [0.5, 0.6) is 0 Å². The van der Waals surface area contributed by atoms with Gasteiger partial charge in [-0.2, -0.15) is 5.53 Å². The summed E-state index contributed by atoms with van der Waals surface area (Å²) in [5.41, 5.74) is 11.7. The zero-order chi connectivity index (χ0) is 9.10. The molecule has 1 aliphatic heterocycles. The Morgan fingerprint density at radius 3 is 2.92 bits per heavy atom. The molecule has 13 heavy (non-hydrogen) atoms. The van der Waals surface area contributed by atoms with Gasteiger partial charge in [-0.1, -0.05) is 18.2 Å². The molecule has 0 spiro atoms. The van der Waals surface area contributed by atoms with Crippen molar-refractivity contribution in [2.24, 2.45) is 0 Å². The zero-order valence-electron chi connectivity index (χ0n) is 7.67. The first-order chi connectivity index (χ1) is 6.36. The van der Waals surface area contributed by atoms with Gasteiger partial charge in [0, 0.05) is 13.1 Å². The second-order valence-electron chi connectivity index (χ2n) is 3.12. The highest BCUT2D eigenvalue weighted by atomic mass is 15.9. The Morgan fingerprint density at radius 2 is 2.23 bits per heavy atom. The predicted molar refractivity (Wildman–Crippen MR) is 52.6 cm³/mol. The minimum atomic E-state index is 0.953. The standard InChI is InChI=1S/C9H14N4/c1-8-4-2-3-5-9(8)11-13-7-6-10-12-13/h2-5,10-12H,6-7H2,1H3. The van der Waals surface area contributed by atoms with E-state index in [1.165, 1.54) is 5.56 Å². The molecule has 0 atom stereocenters. The van der Waals surface area contributed by atoms with Crippen LogP contribution in [0.15, 0.2) is 24.3 Å². The number of anilines is 1. The van der Waals surface area contributed by atoms with Crippen LogP contribution < -0.4 is 16.4 Å². The number of hydrogen-bond donors (Lipinski definition) is 3. The largest absolute Gasteiger partial charge is 0.304 e. The number of benzene rings is 1. The highest BCUT2D eigenvalue weighted by Gasteiger charge is 2.09. The Labute approximate surface area is 77.8 Å². The van der Waals surface area contributed by atoms with Crippen molar-refractivity contribution < 1.29 is 0 Å². The van der Waals surface area contributed by atoms with E-state index in [0.29, 0.717) is 0 Å². The first-order valence-corrected chi connectivity index (χ1v) is 4.44. The van der Waals surface area contributed by atoms with Gasteiger partial charge >= 0.3 is 0 Å². The highest BCUT2D eigenvalue weighted by Crippen LogP contribution is 2.13. The summed E-state index contributed by atoms with van der Waals surface area (Å²) in [5, 5.41) is 1.93. The van der Waals surface area contributed by atoms with E-state index < -0.39 is 0 Å². The molecule has 2 rings (SSSR count). The minimum absolute atomic E-state index is 0.953. The molecule has 1 aliphatic rings. The lowest BCUT2D eigenvalue weighted by Crippen LogP contribution is -2.40. The van der Waals surface area contributed by atoms with E-state index in [1.54, 1.807) is 0 Å². The first kappa shape index (κ1) is 8.50. The van der Waals surface area contributed by atoms with Gasteiger partial charge < -0.3 is 5.43 Å². The maximum Gasteiger partial charge on any atom is 0.0533 e. The summed E-state index contributed by atoms with van der Waals surface area (Å²) in [6, 6.07) is 8.22. The second-order valence-corrected chi connectivity index (χ2v) is 3.12. The van der Waals surface area contributed by atoms with E-state index in [9.17, 15) is 0 Å². The van der Waals surface area contributed by atoms with Crippen LogP contribution in [0.25, 0.3) is 0 Å². The zero-order valence-corrected chi connectivity index (χ0v) is 7.67. The monoisotopic (exact) mass is 178 g/mol. The summed E-state index contributed by atoms with van der Waals surface area (Å²) in [5.74, 6) is 0. The molecule has 4 nitrogen and oxygen atoms in total. The molecule has 1 saturated heterocycles. The number of hydrogen-bond acceptors (Lipinski definition) is 4. The van der Waals surface area contributed by atoms with E-state index in [0.717, 1.165) is 18.8 Å². The van der Waals surface area contributed by atoms with Gasteiger partial charge in [-0.15, -0.1) is 5.12 Å². The Balaban J connectivity index is 2.04. The third kappa shape index (κ3) is 1.98. The normalized spacial score (nSPS) is 17.6. The van der Waals surface area contributed by atoms with E-state index in [2.05, 4.69) is 35.4 Å². The predicted octanol–water partition coefficient (Wildman–Crippen LogP) is 0.647. The van der Waals surface area contributed by atoms with E-state index in [1.807, 2.05) is 17.3 Å². The fourth-order valence-electron chi connectivity index (χ4n) is 1.30. The lowest BCUT2D eigenvalue weighted by Gasteiger charge is -2.18. The van der Waals surface area contributed by atoms with Gasteiger partial charge in [-0.3, -0.25) is 0 Å². The van der Waals surface area contributed by atoms with Crippen LogP contribution in [0.1, 0.15) is 5.56 Å². The van der Waals surface area contributed by atoms with Gasteiger partial charge in [0.15, 0.2) is 0 Å². The van der Waals surface area contributed by atoms with Crippen LogP contribution in [-0.2, 0) is 0 Å². The fourth-order valence-corrected chi connectivity index (χ4v) is 1.30. The molecule has 4 heteroatoms. The van der Waals surface area contributed by atoms with Gasteiger partial charge in [-0.05, 0) is 18.6 Å². The van der Waals surface area contributed by atoms with E-state index in [-0.39, 0.29) is 0 Å². The van der Waals surface area contributed by atoms with E-state index in [4.69, 9.17) is 0 Å². The van der Waals surface area contributed by atoms with Crippen molar-refractivity contribution >= 4 is 5.69 Å². The molecule has 0 radical (unpaired) electrons. The number of para-hydroxylation sites is 1. The first-order valence-electron chi connectivity index (χ1n) is 4.44. The highest BCUT2D eigenvalue weighted by molar-refractivity contribution is 5.49. The molecule has 70 valence electrons. The summed E-state index contributed by atoms with van der Waals surface area (Å²) in [7, 11) is 0. The molecule has 0 aromatic heterocycles. The van der Waals surface area contributed by atoms with Gasteiger partial charge in [0.1, 0.15) is 0 Å². The molecular formula is C9H14N4. The summed E-state index contributed by atoms with van der Waals surface area (Å²) in [6.07, 6.45) is 0. The Kier molecular flexibility index (Phi) is 2.44. The quantitative estimate of drug-likeness (QED) is 0.621. The number of nitrogens with zero attached hydrogens (tertiary/aromatic N) is 1. The van der Waals surface area contributed by atoms with Crippen molar-refractivity contribution in [2.75, 3.05) is 18.5 Å². The maximum absolute atomic E-state index is 3.27. The fraction of sp³-hybridized carbons (Fsp3) is 0.333. The summed E-state index contributed by atoms with van der Waals surface area (Å²) >= 11 is 0. The topological polar surface area (TPSA) is 39.3 Å². The summed E-state index contributed by atoms with van der Waals surface area (Å²) < 4.78 is 0. The van der Waals surface area contributed by atoms with Crippen molar-refractivity contribution in [3.63, 3.8) is 0 Å². The summed E-state index contributed by atoms with van der Waals surface area (Å²) in [4.78, 5) is 0. The number of nitrogens with one attached hydrogen (secondary N) is 3. The lowest BCUT2D eigenvalue weighted by molar-refractivity contribution is 0.285. The SMILES string of the molecule is Cc1ccccc1NN1CCNN1. The van der Waals surface area contributed by atoms with Crippen LogP contribution in [0.4, 0.5) is 5.69 Å². The molecule has 0 amide bonds. The van der Waals surface area contributed by atoms with Crippen molar-refractivity contribution in [2.45, 2.75) is 6.92 Å². The van der Waals surface area contributed by atoms with Crippen LogP contribution in [0, 0.1) is 6.92 Å². The Morgan fingerprint density at radius 1 is 1.38 bits per heavy atom. The third-order valence-corrected chi connectivity index (χ3v) is 2.07. The lowest BCUT2D eigenvalue weighted by atomic mass is 10.2. The number of rotatable bonds is 2. The van der Waals surface area contributed by atoms with Gasteiger partial charge in [0.25, 0.3) is 0 Å². The third-order valence-electron chi connectivity index (χ3n) is 2.07. The molecule has 1 aromatic rings. The molecule has 0 saturated carbocycles. The second kappa shape index (κ2) is 3.74. The van der Waals surface area contributed by atoms with Crippen molar-refractivity contribution in [1.29, 1.82) is 0 Å². The van der Waals surface area contributed by atoms with Gasteiger partial charge in [0.05, 0.1) is 5.69 Å². The van der Waals surface area contributed by atoms with Crippen LogP contribution in [0.2, 0.25) is 0 Å². The smallest absolute Gasteiger partial charge is 0.0533 e. The van der Waals surface area contributed by atoms with Crippen molar-refractivity contribution in [3.8, 4) is 0 Å². The molecule has 1 aromatic carbocycles. The molecule has 0 bridgehead atoms. The van der Waals surface area contributed by atoms with E-state index >= 15 is 0 Å². The molecule has 1 fully saturated rings. The van der Waals surface area contributed by atoms with Gasteiger partial charge in [0.2, 0.25) is 0 Å². The number of aryl methyl sites for hydroxylation is 1. The molecule has 3 N–H and O–H groups in total. The van der Waals surface area contributed by atoms with Crippen molar-refractivity contribution in [3.05, 3.63) is 29.8 Å². The maximum atomic E-state index is 3.27. The molecule has 0 aliphatic carbocycles. The Bertz CT molecular complexity index is 281. The molecular weight excluding hydrogens is 164 g/mol. The van der Waals surface area contributed by atoms with Gasteiger partial charge in [-0.25, -0.2) is 5.43 Å². The van der Waals surface area contributed by atoms with Crippen LogP contribution >= 0.6 is 0 Å². The van der Waals surface area contributed by atoms with Crippen LogP contribution in [-0.4, -0.2) is 18.2 Å². The van der Waals surface area contributed by atoms with Crippen LogP contribution in [0.3, 0.4) is 0 Å². The number of hydrazine groups is 3.